The molecule has 6 heteroatoms. The second kappa shape index (κ2) is 7.47. The van der Waals surface area contributed by atoms with Gasteiger partial charge in [0.2, 0.25) is 0 Å². The molecule has 3 rings (SSSR count). The highest BCUT2D eigenvalue weighted by Gasteiger charge is 2.46. The molecule has 0 heterocycles. The van der Waals surface area contributed by atoms with Crippen LogP contribution in [0.15, 0.2) is 48.5 Å². The Hall–Kier alpha value is -3.02. The fraction of sp³-hybridized carbons (Fsp3) is 0.300. The van der Waals surface area contributed by atoms with E-state index in [0.29, 0.717) is 17.9 Å². The minimum Gasteiger partial charge on any atom is -0.496 e. The third kappa shape index (κ3) is 3.96. The summed E-state index contributed by atoms with van der Waals surface area (Å²) in [5.41, 5.74) is 1.46. The highest BCUT2D eigenvalue weighted by atomic mass is 16.5. The number of amides is 1. The van der Waals surface area contributed by atoms with Crippen molar-refractivity contribution in [1.82, 2.24) is 5.32 Å². The third-order valence-electron chi connectivity index (χ3n) is 4.58. The van der Waals surface area contributed by atoms with Gasteiger partial charge in [-0.05, 0) is 37.1 Å². The van der Waals surface area contributed by atoms with Crippen molar-refractivity contribution in [3.05, 3.63) is 59.7 Å². The van der Waals surface area contributed by atoms with E-state index in [1.165, 1.54) is 0 Å². The summed E-state index contributed by atoms with van der Waals surface area (Å²) in [6.07, 6.45) is 1.99. The highest BCUT2D eigenvalue weighted by molar-refractivity contribution is 5.94. The van der Waals surface area contributed by atoms with E-state index < -0.39 is 12.6 Å². The smallest absolute Gasteiger partial charge is 0.341 e. The van der Waals surface area contributed by atoms with E-state index in [0.717, 1.165) is 24.2 Å². The summed E-state index contributed by atoms with van der Waals surface area (Å²) in [5.74, 6) is -0.0893. The predicted octanol–water partition coefficient (Wildman–Crippen LogP) is 2.62. The molecule has 0 aliphatic heterocycles. The van der Waals surface area contributed by atoms with Crippen molar-refractivity contribution in [2.75, 3.05) is 20.3 Å². The van der Waals surface area contributed by atoms with Gasteiger partial charge in [0.05, 0.1) is 7.11 Å². The molecule has 2 aromatic rings. The van der Waals surface area contributed by atoms with Gasteiger partial charge in [0, 0.05) is 23.1 Å². The monoisotopic (exact) mass is 355 g/mol. The normalized spacial score (nSPS) is 14.3. The van der Waals surface area contributed by atoms with E-state index in [4.69, 9.17) is 14.6 Å². The topological polar surface area (TPSA) is 84.9 Å². The van der Waals surface area contributed by atoms with Crippen molar-refractivity contribution >= 4 is 11.9 Å². The van der Waals surface area contributed by atoms with Crippen LogP contribution in [0.3, 0.4) is 0 Å². The zero-order valence-electron chi connectivity index (χ0n) is 14.5. The molecular weight excluding hydrogens is 334 g/mol. The van der Waals surface area contributed by atoms with Crippen LogP contribution < -0.4 is 14.8 Å². The van der Waals surface area contributed by atoms with Crippen LogP contribution in [-0.2, 0) is 10.2 Å². The SMILES string of the molecule is COc1ccccc1C1(CNC(=O)c2cccc(OCC(=O)O)c2)CC1. The maximum Gasteiger partial charge on any atom is 0.341 e. The molecule has 1 fully saturated rings. The number of para-hydroxylation sites is 1. The van der Waals surface area contributed by atoms with Gasteiger partial charge in [-0.1, -0.05) is 24.3 Å². The van der Waals surface area contributed by atoms with E-state index >= 15 is 0 Å². The lowest BCUT2D eigenvalue weighted by Crippen LogP contribution is -2.32. The maximum atomic E-state index is 12.5. The Balaban J connectivity index is 1.66. The molecule has 0 atom stereocenters. The second-order valence-electron chi connectivity index (χ2n) is 6.37. The number of hydrogen-bond acceptors (Lipinski definition) is 4. The first-order valence-corrected chi connectivity index (χ1v) is 8.40. The van der Waals surface area contributed by atoms with E-state index in [2.05, 4.69) is 5.32 Å². The molecule has 1 saturated carbocycles. The van der Waals surface area contributed by atoms with Crippen LogP contribution >= 0.6 is 0 Å². The number of carbonyl (C=O) groups is 2. The molecule has 0 aromatic heterocycles. The number of carboxylic acid groups (broad SMARTS) is 1. The minimum absolute atomic E-state index is 0.0836. The lowest BCUT2D eigenvalue weighted by Gasteiger charge is -2.19. The van der Waals surface area contributed by atoms with Crippen molar-refractivity contribution in [3.8, 4) is 11.5 Å². The Labute approximate surface area is 151 Å². The fourth-order valence-electron chi connectivity index (χ4n) is 3.00. The number of carbonyl (C=O) groups excluding carboxylic acids is 1. The van der Waals surface area contributed by atoms with E-state index in [1.807, 2.05) is 24.3 Å². The molecule has 0 unspecified atom stereocenters. The molecule has 0 spiro atoms. The third-order valence-corrected chi connectivity index (χ3v) is 4.58. The molecule has 26 heavy (non-hydrogen) atoms. The van der Waals surface area contributed by atoms with Gasteiger partial charge in [0.25, 0.3) is 5.91 Å². The van der Waals surface area contributed by atoms with Crippen LogP contribution in [0.5, 0.6) is 11.5 Å². The Morgan fingerprint density at radius 3 is 2.62 bits per heavy atom. The molecule has 6 nitrogen and oxygen atoms in total. The molecule has 2 N–H and O–H groups in total. The second-order valence-corrected chi connectivity index (χ2v) is 6.37. The summed E-state index contributed by atoms with van der Waals surface area (Å²) >= 11 is 0. The molecule has 1 aliphatic rings. The lowest BCUT2D eigenvalue weighted by atomic mass is 9.94. The van der Waals surface area contributed by atoms with Crippen molar-refractivity contribution in [2.45, 2.75) is 18.3 Å². The standard InChI is InChI=1S/C20H21NO5/c1-25-17-8-3-2-7-16(17)20(9-10-20)13-21-19(24)14-5-4-6-15(11-14)26-12-18(22)23/h2-8,11H,9-10,12-13H2,1H3,(H,21,24)(H,22,23). The number of carboxylic acids is 1. The predicted molar refractivity (Wildman–Crippen MR) is 95.8 cm³/mol. The number of methoxy groups -OCH3 is 1. The van der Waals surface area contributed by atoms with Crippen molar-refractivity contribution in [2.24, 2.45) is 0 Å². The van der Waals surface area contributed by atoms with Crippen molar-refractivity contribution < 1.29 is 24.2 Å². The molecule has 0 bridgehead atoms. The van der Waals surface area contributed by atoms with Gasteiger partial charge in [-0.2, -0.15) is 0 Å². The molecule has 2 aromatic carbocycles. The van der Waals surface area contributed by atoms with Gasteiger partial charge < -0.3 is 19.9 Å². The summed E-state index contributed by atoms with van der Waals surface area (Å²) in [6, 6.07) is 14.4. The van der Waals surface area contributed by atoms with Crippen LogP contribution in [0.25, 0.3) is 0 Å². The molecular formula is C20H21NO5. The summed E-state index contributed by atoms with van der Waals surface area (Å²) in [7, 11) is 1.65. The molecule has 1 amide bonds. The summed E-state index contributed by atoms with van der Waals surface area (Å²) < 4.78 is 10.6. The van der Waals surface area contributed by atoms with Crippen molar-refractivity contribution in [1.29, 1.82) is 0 Å². The van der Waals surface area contributed by atoms with Crippen LogP contribution in [0, 0.1) is 0 Å². The number of ether oxygens (including phenoxy) is 2. The van der Waals surface area contributed by atoms with E-state index in [9.17, 15) is 9.59 Å². The fourth-order valence-corrected chi connectivity index (χ4v) is 3.00. The minimum atomic E-state index is -1.06. The van der Waals surface area contributed by atoms with Crippen LogP contribution in [0.1, 0.15) is 28.8 Å². The summed E-state index contributed by atoms with van der Waals surface area (Å²) in [4.78, 5) is 23.1. The summed E-state index contributed by atoms with van der Waals surface area (Å²) in [6.45, 7) is 0.0778. The molecule has 1 aliphatic carbocycles. The maximum absolute atomic E-state index is 12.5. The first kappa shape index (κ1) is 17.8. The number of nitrogens with one attached hydrogen (secondary N) is 1. The zero-order chi connectivity index (χ0) is 18.6. The first-order valence-electron chi connectivity index (χ1n) is 8.40. The first-order chi connectivity index (χ1) is 12.5. The number of benzene rings is 2. The number of aliphatic carboxylic acids is 1. The van der Waals surface area contributed by atoms with Gasteiger partial charge in [0.15, 0.2) is 6.61 Å². The van der Waals surface area contributed by atoms with Crippen LogP contribution in [0.2, 0.25) is 0 Å². The van der Waals surface area contributed by atoms with E-state index in [1.54, 1.807) is 31.4 Å². The largest absolute Gasteiger partial charge is 0.496 e. The van der Waals surface area contributed by atoms with Gasteiger partial charge in [-0.25, -0.2) is 4.79 Å². The highest BCUT2D eigenvalue weighted by Crippen LogP contribution is 2.50. The average molecular weight is 355 g/mol. The Bertz CT molecular complexity index is 813. The van der Waals surface area contributed by atoms with Crippen LogP contribution in [-0.4, -0.2) is 37.2 Å². The quantitative estimate of drug-likeness (QED) is 0.760. The Morgan fingerprint density at radius 2 is 1.92 bits per heavy atom. The Morgan fingerprint density at radius 1 is 1.15 bits per heavy atom. The van der Waals surface area contributed by atoms with Gasteiger partial charge in [-0.3, -0.25) is 4.79 Å². The van der Waals surface area contributed by atoms with Gasteiger partial charge in [-0.15, -0.1) is 0 Å². The number of hydrogen-bond donors (Lipinski definition) is 2. The van der Waals surface area contributed by atoms with Gasteiger partial charge >= 0.3 is 5.97 Å². The van der Waals surface area contributed by atoms with E-state index in [-0.39, 0.29) is 11.3 Å². The number of rotatable bonds is 8. The molecule has 136 valence electrons. The molecule has 0 saturated heterocycles. The summed E-state index contributed by atoms with van der Waals surface area (Å²) in [5, 5.41) is 11.6. The molecule has 0 radical (unpaired) electrons. The lowest BCUT2D eigenvalue weighted by molar-refractivity contribution is -0.139. The van der Waals surface area contributed by atoms with Crippen LogP contribution in [0.4, 0.5) is 0 Å². The average Bonchev–Trinajstić information content (AvgIpc) is 3.45. The zero-order valence-corrected chi connectivity index (χ0v) is 14.5. The van der Waals surface area contributed by atoms with Crippen molar-refractivity contribution in [3.63, 3.8) is 0 Å². The Kier molecular flexibility index (Phi) is 5.11. The van der Waals surface area contributed by atoms with Gasteiger partial charge in [0.1, 0.15) is 11.5 Å².